The van der Waals surface area contributed by atoms with E-state index in [1.165, 1.54) is 12.8 Å². The number of imidazole rings is 1. The first kappa shape index (κ1) is 16.3. The molecule has 1 saturated carbocycles. The minimum Gasteiger partial charge on any atom is -0.365 e. The van der Waals surface area contributed by atoms with Gasteiger partial charge in [-0.05, 0) is 31.6 Å². The van der Waals surface area contributed by atoms with Crippen LogP contribution in [0.3, 0.4) is 0 Å². The zero-order valence-electron chi connectivity index (χ0n) is 14.8. The second-order valence-corrected chi connectivity index (χ2v) is 7.34. The van der Waals surface area contributed by atoms with Crippen molar-refractivity contribution in [3.05, 3.63) is 12.7 Å². The number of nitrogens with zero attached hydrogens (tertiary/aromatic N) is 5. The predicted octanol–water partition coefficient (Wildman–Crippen LogP) is 2.35. The number of carbonyl (C=O) groups excluding carboxylic acids is 1. The molecule has 1 saturated heterocycles. The maximum atomic E-state index is 12.6. The average Bonchev–Trinajstić information content (AvgIpc) is 3.28. The largest absolute Gasteiger partial charge is 0.365 e. The summed E-state index contributed by atoms with van der Waals surface area (Å²) < 4.78 is 1.90. The van der Waals surface area contributed by atoms with Crippen molar-refractivity contribution < 1.29 is 4.79 Å². The standard InChI is InChI=1S/C18H26N6O/c1-23-12-21-16-17(19-11-20-18(16)23)22-14-7-3-2-6-13(14)10-15(25)24-8-4-5-9-24/h11-14H,2-10H2,1H3,(H,19,20,22)/t13-,14-/m0/s1. The first-order valence-corrected chi connectivity index (χ1v) is 9.38. The Morgan fingerprint density at radius 3 is 2.80 bits per heavy atom. The molecule has 7 nitrogen and oxygen atoms in total. The second kappa shape index (κ2) is 6.98. The van der Waals surface area contributed by atoms with Crippen LogP contribution >= 0.6 is 0 Å². The molecule has 25 heavy (non-hydrogen) atoms. The first-order chi connectivity index (χ1) is 12.2. The number of hydrogen-bond acceptors (Lipinski definition) is 5. The summed E-state index contributed by atoms with van der Waals surface area (Å²) in [5, 5.41) is 3.59. The van der Waals surface area contributed by atoms with Gasteiger partial charge in [0.1, 0.15) is 11.8 Å². The van der Waals surface area contributed by atoms with E-state index in [0.717, 1.165) is 55.8 Å². The van der Waals surface area contributed by atoms with E-state index in [9.17, 15) is 4.79 Å². The lowest BCUT2D eigenvalue weighted by molar-refractivity contribution is -0.131. The lowest BCUT2D eigenvalue weighted by atomic mass is 9.82. The quantitative estimate of drug-likeness (QED) is 0.923. The Bertz CT molecular complexity index is 751. The highest BCUT2D eigenvalue weighted by Gasteiger charge is 2.30. The Kier molecular flexibility index (Phi) is 4.55. The number of aromatic nitrogens is 4. The number of hydrogen-bond donors (Lipinski definition) is 1. The Hall–Kier alpha value is -2.18. The van der Waals surface area contributed by atoms with E-state index in [-0.39, 0.29) is 6.04 Å². The van der Waals surface area contributed by atoms with Crippen LogP contribution in [0.4, 0.5) is 5.82 Å². The molecule has 134 valence electrons. The van der Waals surface area contributed by atoms with Crippen LogP contribution < -0.4 is 5.32 Å². The summed E-state index contributed by atoms with van der Waals surface area (Å²) in [4.78, 5) is 27.8. The number of amides is 1. The highest BCUT2D eigenvalue weighted by atomic mass is 16.2. The maximum absolute atomic E-state index is 12.6. The van der Waals surface area contributed by atoms with Crippen LogP contribution in [0.2, 0.25) is 0 Å². The van der Waals surface area contributed by atoms with Gasteiger partial charge in [-0.25, -0.2) is 15.0 Å². The number of rotatable bonds is 4. The van der Waals surface area contributed by atoms with Gasteiger partial charge in [0.2, 0.25) is 5.91 Å². The van der Waals surface area contributed by atoms with Gasteiger partial charge in [0, 0.05) is 32.6 Å². The number of fused-ring (bicyclic) bond motifs is 1. The van der Waals surface area contributed by atoms with Crippen molar-refractivity contribution >= 4 is 22.9 Å². The first-order valence-electron chi connectivity index (χ1n) is 9.38. The number of anilines is 1. The van der Waals surface area contributed by atoms with Crippen molar-refractivity contribution in [2.45, 2.75) is 51.0 Å². The fourth-order valence-corrected chi connectivity index (χ4v) is 4.19. The molecule has 0 aromatic carbocycles. The summed E-state index contributed by atoms with van der Waals surface area (Å²) in [6, 6.07) is 0.278. The van der Waals surface area contributed by atoms with Crippen molar-refractivity contribution in [1.29, 1.82) is 0 Å². The molecule has 1 N–H and O–H groups in total. The molecule has 1 amide bonds. The second-order valence-electron chi connectivity index (χ2n) is 7.34. The smallest absolute Gasteiger partial charge is 0.222 e. The van der Waals surface area contributed by atoms with Crippen molar-refractivity contribution in [2.24, 2.45) is 13.0 Å². The molecule has 2 fully saturated rings. The number of carbonyl (C=O) groups is 1. The van der Waals surface area contributed by atoms with Crippen LogP contribution in [0.25, 0.3) is 11.2 Å². The Morgan fingerprint density at radius 2 is 1.96 bits per heavy atom. The lowest BCUT2D eigenvalue weighted by Crippen LogP contribution is -2.37. The Morgan fingerprint density at radius 1 is 1.16 bits per heavy atom. The van der Waals surface area contributed by atoms with Gasteiger partial charge in [-0.3, -0.25) is 4.79 Å². The van der Waals surface area contributed by atoms with Gasteiger partial charge in [-0.2, -0.15) is 0 Å². The van der Waals surface area contributed by atoms with Crippen molar-refractivity contribution in [3.8, 4) is 0 Å². The fraction of sp³-hybridized carbons (Fsp3) is 0.667. The molecule has 4 rings (SSSR count). The Labute approximate surface area is 147 Å². The van der Waals surface area contributed by atoms with E-state index in [2.05, 4.69) is 20.3 Å². The van der Waals surface area contributed by atoms with Gasteiger partial charge >= 0.3 is 0 Å². The molecule has 1 aliphatic carbocycles. The number of aryl methyl sites for hydroxylation is 1. The summed E-state index contributed by atoms with van der Waals surface area (Å²) in [5.41, 5.74) is 1.64. The normalized spacial score (nSPS) is 24.0. The van der Waals surface area contributed by atoms with Gasteiger partial charge < -0.3 is 14.8 Å². The highest BCUT2D eigenvalue weighted by Crippen LogP contribution is 2.31. The summed E-state index contributed by atoms with van der Waals surface area (Å²) in [5.74, 6) is 1.48. The van der Waals surface area contributed by atoms with E-state index in [0.29, 0.717) is 18.2 Å². The molecule has 0 spiro atoms. The summed E-state index contributed by atoms with van der Waals surface area (Å²) >= 11 is 0. The average molecular weight is 342 g/mol. The van der Waals surface area contributed by atoms with Crippen molar-refractivity contribution in [3.63, 3.8) is 0 Å². The molecule has 0 unspecified atom stereocenters. The molecule has 2 aromatic rings. The molecule has 3 heterocycles. The van der Waals surface area contributed by atoms with Crippen LogP contribution in [0.1, 0.15) is 44.9 Å². The third kappa shape index (κ3) is 3.32. The fourth-order valence-electron chi connectivity index (χ4n) is 4.19. The molecule has 2 atom stereocenters. The molecular formula is C18H26N6O. The molecule has 2 aromatic heterocycles. The van der Waals surface area contributed by atoms with Gasteiger partial charge in [0.05, 0.1) is 6.33 Å². The predicted molar refractivity (Wildman–Crippen MR) is 96.1 cm³/mol. The molecule has 0 radical (unpaired) electrons. The monoisotopic (exact) mass is 342 g/mol. The molecule has 7 heteroatoms. The van der Waals surface area contributed by atoms with Gasteiger partial charge in [-0.15, -0.1) is 0 Å². The van der Waals surface area contributed by atoms with Crippen LogP contribution in [0.15, 0.2) is 12.7 Å². The summed E-state index contributed by atoms with van der Waals surface area (Å²) in [7, 11) is 1.93. The lowest BCUT2D eigenvalue weighted by Gasteiger charge is -2.33. The topological polar surface area (TPSA) is 75.9 Å². The van der Waals surface area contributed by atoms with Gasteiger partial charge in [0.15, 0.2) is 11.5 Å². The number of likely N-dealkylation sites (tertiary alicyclic amines) is 1. The van der Waals surface area contributed by atoms with Crippen LogP contribution in [-0.2, 0) is 11.8 Å². The molecular weight excluding hydrogens is 316 g/mol. The van der Waals surface area contributed by atoms with Crippen molar-refractivity contribution in [1.82, 2.24) is 24.4 Å². The minimum atomic E-state index is 0.278. The van der Waals surface area contributed by atoms with Gasteiger partial charge in [-0.1, -0.05) is 12.8 Å². The van der Waals surface area contributed by atoms with E-state index in [1.54, 1.807) is 12.7 Å². The third-order valence-electron chi connectivity index (χ3n) is 5.62. The third-order valence-corrected chi connectivity index (χ3v) is 5.62. The SMILES string of the molecule is Cn1cnc2c(N[C@H]3CCCC[C@H]3CC(=O)N3CCCC3)ncnc21. The van der Waals surface area contributed by atoms with E-state index in [1.807, 2.05) is 16.5 Å². The van der Waals surface area contributed by atoms with E-state index in [4.69, 9.17) is 0 Å². The zero-order chi connectivity index (χ0) is 17.2. The zero-order valence-corrected chi connectivity index (χ0v) is 14.8. The molecule has 0 bridgehead atoms. The van der Waals surface area contributed by atoms with E-state index >= 15 is 0 Å². The Balaban J connectivity index is 1.49. The molecule has 2 aliphatic rings. The summed E-state index contributed by atoms with van der Waals surface area (Å²) in [6.07, 6.45) is 10.9. The van der Waals surface area contributed by atoms with Crippen molar-refractivity contribution in [2.75, 3.05) is 18.4 Å². The minimum absolute atomic E-state index is 0.278. The molecule has 1 aliphatic heterocycles. The van der Waals surface area contributed by atoms with Gasteiger partial charge in [0.25, 0.3) is 0 Å². The van der Waals surface area contributed by atoms with Crippen LogP contribution in [0.5, 0.6) is 0 Å². The van der Waals surface area contributed by atoms with Crippen LogP contribution in [-0.4, -0.2) is 49.5 Å². The van der Waals surface area contributed by atoms with Crippen LogP contribution in [0, 0.1) is 5.92 Å². The van der Waals surface area contributed by atoms with E-state index < -0.39 is 0 Å². The summed E-state index contributed by atoms with van der Waals surface area (Å²) in [6.45, 7) is 1.87. The number of nitrogens with one attached hydrogen (secondary N) is 1. The maximum Gasteiger partial charge on any atom is 0.222 e. The highest BCUT2D eigenvalue weighted by molar-refractivity contribution is 5.82.